The Hall–Kier alpha value is -2.44. The molecule has 2 heterocycles. The van der Waals surface area contributed by atoms with E-state index in [0.29, 0.717) is 29.6 Å². The maximum absolute atomic E-state index is 12.5. The molecule has 7 heteroatoms. The van der Waals surface area contributed by atoms with Gasteiger partial charge in [0, 0.05) is 29.6 Å². The predicted octanol–water partition coefficient (Wildman–Crippen LogP) is 4.39. The van der Waals surface area contributed by atoms with Crippen molar-refractivity contribution in [3.63, 3.8) is 0 Å². The summed E-state index contributed by atoms with van der Waals surface area (Å²) in [5.41, 5.74) is 2.60. The fourth-order valence-electron chi connectivity index (χ4n) is 3.54. The number of piperidine rings is 1. The lowest BCUT2D eigenvalue weighted by molar-refractivity contribution is -0.131. The molecular formula is C22H22ClN3O2S. The normalized spacial score (nSPS) is 14.9. The number of nitrogens with one attached hydrogen (secondary N) is 1. The monoisotopic (exact) mass is 427 g/mol. The van der Waals surface area contributed by atoms with Crippen LogP contribution < -0.4 is 5.32 Å². The van der Waals surface area contributed by atoms with Crippen LogP contribution in [0.5, 0.6) is 0 Å². The van der Waals surface area contributed by atoms with Gasteiger partial charge in [-0.05, 0) is 50.1 Å². The summed E-state index contributed by atoms with van der Waals surface area (Å²) in [6.07, 6.45) is 1.76. The van der Waals surface area contributed by atoms with Gasteiger partial charge >= 0.3 is 0 Å². The molecule has 1 aliphatic heterocycles. The number of rotatable bonds is 4. The van der Waals surface area contributed by atoms with Crippen LogP contribution in [-0.4, -0.2) is 41.3 Å². The molecule has 1 aliphatic rings. The van der Waals surface area contributed by atoms with Crippen molar-refractivity contribution in [1.82, 2.24) is 15.2 Å². The first-order valence-corrected chi connectivity index (χ1v) is 10.9. The average molecular weight is 428 g/mol. The van der Waals surface area contributed by atoms with Crippen molar-refractivity contribution < 1.29 is 9.59 Å². The van der Waals surface area contributed by atoms with Gasteiger partial charge in [-0.3, -0.25) is 9.59 Å². The summed E-state index contributed by atoms with van der Waals surface area (Å²) in [6, 6.07) is 13.1. The standard InChI is InChI=1S/C22H22ClN3O2S/c1-14-2-4-15(5-3-14)21(28)24-13-20(27)26-10-8-16(9-11-26)22-25-18-12-17(23)6-7-19(18)29-22/h2-7,12,16H,8-11,13H2,1H3,(H,24,28). The summed E-state index contributed by atoms with van der Waals surface area (Å²) in [5, 5.41) is 4.54. The quantitative estimate of drug-likeness (QED) is 0.671. The van der Waals surface area contributed by atoms with Crippen molar-refractivity contribution >= 4 is 45.0 Å². The van der Waals surface area contributed by atoms with Gasteiger partial charge in [0.2, 0.25) is 5.91 Å². The number of fused-ring (bicyclic) bond motifs is 1. The number of aromatic nitrogens is 1. The average Bonchev–Trinajstić information content (AvgIpc) is 3.15. The Morgan fingerprint density at radius 2 is 1.90 bits per heavy atom. The SMILES string of the molecule is Cc1ccc(C(=O)NCC(=O)N2CCC(c3nc4cc(Cl)ccc4s3)CC2)cc1. The van der Waals surface area contributed by atoms with Crippen molar-refractivity contribution in [2.75, 3.05) is 19.6 Å². The zero-order valence-electron chi connectivity index (χ0n) is 16.2. The van der Waals surface area contributed by atoms with Crippen molar-refractivity contribution in [1.29, 1.82) is 0 Å². The van der Waals surface area contributed by atoms with Crippen LogP contribution in [0.15, 0.2) is 42.5 Å². The van der Waals surface area contributed by atoms with Gasteiger partial charge in [0.05, 0.1) is 21.8 Å². The van der Waals surface area contributed by atoms with Crippen LogP contribution in [0.1, 0.15) is 39.7 Å². The van der Waals surface area contributed by atoms with E-state index in [2.05, 4.69) is 5.32 Å². The Bertz CT molecular complexity index is 1040. The third-order valence-corrected chi connectivity index (χ3v) is 6.71. The molecule has 0 radical (unpaired) electrons. The van der Waals surface area contributed by atoms with Crippen LogP contribution in [0.2, 0.25) is 5.02 Å². The maximum Gasteiger partial charge on any atom is 0.251 e. The minimum atomic E-state index is -0.221. The largest absolute Gasteiger partial charge is 0.343 e. The molecule has 4 rings (SSSR count). The lowest BCUT2D eigenvalue weighted by Gasteiger charge is -2.31. The summed E-state index contributed by atoms with van der Waals surface area (Å²) in [4.78, 5) is 31.3. The number of carbonyl (C=O) groups excluding carboxylic acids is 2. The fraction of sp³-hybridized carbons (Fsp3) is 0.318. The number of thiazole rings is 1. The molecule has 2 aromatic carbocycles. The molecule has 1 N–H and O–H groups in total. The summed E-state index contributed by atoms with van der Waals surface area (Å²) < 4.78 is 1.14. The third-order valence-electron chi connectivity index (χ3n) is 5.28. The lowest BCUT2D eigenvalue weighted by Crippen LogP contribution is -2.43. The molecule has 5 nitrogen and oxygen atoms in total. The second kappa shape index (κ2) is 8.51. The number of nitrogens with zero attached hydrogens (tertiary/aromatic N) is 2. The number of amides is 2. The number of benzene rings is 2. The van der Waals surface area contributed by atoms with Crippen LogP contribution >= 0.6 is 22.9 Å². The number of hydrogen-bond acceptors (Lipinski definition) is 4. The van der Waals surface area contributed by atoms with Gasteiger partial charge in [0.1, 0.15) is 0 Å². The second-order valence-corrected chi connectivity index (χ2v) is 8.87. The third kappa shape index (κ3) is 4.60. The first-order chi connectivity index (χ1) is 14.0. The van der Waals surface area contributed by atoms with Crippen LogP contribution in [0, 0.1) is 6.92 Å². The Morgan fingerprint density at radius 1 is 1.17 bits per heavy atom. The summed E-state index contributed by atoms with van der Waals surface area (Å²) in [5.74, 6) is 0.0961. The van der Waals surface area contributed by atoms with E-state index in [0.717, 1.165) is 33.6 Å². The summed E-state index contributed by atoms with van der Waals surface area (Å²) in [7, 11) is 0. The molecule has 150 valence electrons. The van der Waals surface area contributed by atoms with Gasteiger partial charge in [0.25, 0.3) is 5.91 Å². The van der Waals surface area contributed by atoms with Gasteiger partial charge in [-0.25, -0.2) is 4.98 Å². The minimum absolute atomic E-state index is 0.0248. The van der Waals surface area contributed by atoms with Gasteiger partial charge in [-0.2, -0.15) is 0 Å². The van der Waals surface area contributed by atoms with E-state index in [1.54, 1.807) is 23.5 Å². The van der Waals surface area contributed by atoms with Crippen molar-refractivity contribution in [2.24, 2.45) is 0 Å². The molecule has 2 amide bonds. The Labute approximate surface area is 178 Å². The maximum atomic E-state index is 12.5. The number of likely N-dealkylation sites (tertiary alicyclic amines) is 1. The first-order valence-electron chi connectivity index (χ1n) is 9.68. The Kier molecular flexibility index (Phi) is 5.83. The van der Waals surface area contributed by atoms with E-state index in [-0.39, 0.29) is 18.4 Å². The smallest absolute Gasteiger partial charge is 0.251 e. The zero-order valence-corrected chi connectivity index (χ0v) is 17.7. The molecule has 1 saturated heterocycles. The molecule has 3 aromatic rings. The van der Waals surface area contributed by atoms with Crippen molar-refractivity contribution in [2.45, 2.75) is 25.7 Å². The molecule has 0 atom stereocenters. The molecule has 0 spiro atoms. The van der Waals surface area contributed by atoms with Gasteiger partial charge in [-0.15, -0.1) is 11.3 Å². The summed E-state index contributed by atoms with van der Waals surface area (Å²) in [6.45, 7) is 3.36. The first kappa shape index (κ1) is 19.9. The summed E-state index contributed by atoms with van der Waals surface area (Å²) >= 11 is 7.76. The molecule has 0 unspecified atom stereocenters. The number of aryl methyl sites for hydroxylation is 1. The number of halogens is 1. The van der Waals surface area contributed by atoms with Gasteiger partial charge < -0.3 is 10.2 Å². The van der Waals surface area contributed by atoms with E-state index in [4.69, 9.17) is 16.6 Å². The highest BCUT2D eigenvalue weighted by Crippen LogP contribution is 2.34. The highest BCUT2D eigenvalue weighted by molar-refractivity contribution is 7.18. The molecule has 0 saturated carbocycles. The van der Waals surface area contributed by atoms with Crippen molar-refractivity contribution in [3.05, 3.63) is 63.6 Å². The van der Waals surface area contributed by atoms with E-state index >= 15 is 0 Å². The van der Waals surface area contributed by atoms with E-state index in [1.165, 1.54) is 0 Å². The van der Waals surface area contributed by atoms with Crippen molar-refractivity contribution in [3.8, 4) is 0 Å². The van der Waals surface area contributed by atoms with Crippen LogP contribution in [0.3, 0.4) is 0 Å². The zero-order chi connectivity index (χ0) is 20.4. The number of hydrogen-bond donors (Lipinski definition) is 1. The molecular weight excluding hydrogens is 406 g/mol. The second-order valence-electron chi connectivity index (χ2n) is 7.37. The van der Waals surface area contributed by atoms with Crippen LogP contribution in [-0.2, 0) is 4.79 Å². The van der Waals surface area contributed by atoms with Gasteiger partial charge in [-0.1, -0.05) is 29.3 Å². The van der Waals surface area contributed by atoms with E-state index < -0.39 is 0 Å². The predicted molar refractivity (Wildman–Crippen MR) is 117 cm³/mol. The highest BCUT2D eigenvalue weighted by Gasteiger charge is 2.26. The van der Waals surface area contributed by atoms with Gasteiger partial charge in [0.15, 0.2) is 0 Å². The van der Waals surface area contributed by atoms with E-state index in [1.807, 2.05) is 42.2 Å². The fourth-order valence-corrected chi connectivity index (χ4v) is 4.83. The van der Waals surface area contributed by atoms with E-state index in [9.17, 15) is 9.59 Å². The van der Waals surface area contributed by atoms with Crippen LogP contribution in [0.4, 0.5) is 0 Å². The number of carbonyl (C=O) groups is 2. The molecule has 1 aromatic heterocycles. The van der Waals surface area contributed by atoms with Crippen LogP contribution in [0.25, 0.3) is 10.2 Å². The molecule has 0 aliphatic carbocycles. The minimum Gasteiger partial charge on any atom is -0.343 e. The Balaban J connectivity index is 1.30. The molecule has 1 fully saturated rings. The molecule has 29 heavy (non-hydrogen) atoms. The highest BCUT2D eigenvalue weighted by atomic mass is 35.5. The molecule has 0 bridgehead atoms. The Morgan fingerprint density at radius 3 is 2.62 bits per heavy atom. The topological polar surface area (TPSA) is 62.3 Å². The lowest BCUT2D eigenvalue weighted by atomic mass is 9.97.